The second kappa shape index (κ2) is 10.3. The summed E-state index contributed by atoms with van der Waals surface area (Å²) in [5.41, 5.74) is 3.77. The summed E-state index contributed by atoms with van der Waals surface area (Å²) in [6.45, 7) is 6.95. The van der Waals surface area contributed by atoms with Crippen molar-refractivity contribution in [2.24, 2.45) is 0 Å². The van der Waals surface area contributed by atoms with Crippen LogP contribution in [0, 0.1) is 26.6 Å². The molecule has 0 fully saturated rings. The lowest BCUT2D eigenvalue weighted by atomic mass is 10.1. The fourth-order valence-corrected chi connectivity index (χ4v) is 5.79. The number of nitrogens with zero attached hydrogens (tertiary/aromatic N) is 1. The van der Waals surface area contributed by atoms with Crippen LogP contribution in [0.15, 0.2) is 71.6 Å². The van der Waals surface area contributed by atoms with Gasteiger partial charge in [0.2, 0.25) is 15.9 Å². The van der Waals surface area contributed by atoms with Gasteiger partial charge in [-0.15, -0.1) is 0 Å². The minimum absolute atomic E-state index is 0.0638. The molecular weight excluding hydrogens is 439 g/mol. The van der Waals surface area contributed by atoms with Crippen molar-refractivity contribution in [3.05, 3.63) is 100 Å². The second-order valence-electron chi connectivity index (χ2n) is 8.33. The van der Waals surface area contributed by atoms with Crippen LogP contribution in [0.3, 0.4) is 0 Å². The largest absolute Gasteiger partial charge is 0.348 e. The average molecular weight is 469 g/mol. The summed E-state index contributed by atoms with van der Waals surface area (Å²) < 4.78 is 41.9. The summed E-state index contributed by atoms with van der Waals surface area (Å²) in [6.07, 6.45) is 0. The van der Waals surface area contributed by atoms with E-state index in [0.717, 1.165) is 16.7 Å². The Morgan fingerprint density at radius 2 is 1.55 bits per heavy atom. The molecule has 174 valence electrons. The molecule has 33 heavy (non-hydrogen) atoms. The maximum atomic E-state index is 13.7. The highest BCUT2D eigenvalue weighted by atomic mass is 32.2. The van der Waals surface area contributed by atoms with Crippen LogP contribution in [0.4, 0.5) is 4.39 Å². The number of carbonyl (C=O) groups is 1. The minimum Gasteiger partial charge on any atom is -0.348 e. The molecule has 0 bridgehead atoms. The van der Waals surface area contributed by atoms with Gasteiger partial charge in [-0.25, -0.2) is 12.8 Å². The SMILES string of the molecule is Cc1cc(C)c(S(=O)(=O)N(CC(=O)NC(C)c2ccc(F)cc2)Cc2ccccc2)c(C)c1. The molecule has 0 aliphatic rings. The number of benzene rings is 3. The van der Waals surface area contributed by atoms with E-state index in [1.54, 1.807) is 32.9 Å². The summed E-state index contributed by atoms with van der Waals surface area (Å²) in [7, 11) is -3.96. The van der Waals surface area contributed by atoms with E-state index in [0.29, 0.717) is 11.1 Å². The van der Waals surface area contributed by atoms with E-state index >= 15 is 0 Å². The van der Waals surface area contributed by atoms with E-state index in [9.17, 15) is 17.6 Å². The van der Waals surface area contributed by atoms with Gasteiger partial charge >= 0.3 is 0 Å². The van der Waals surface area contributed by atoms with Crippen molar-refractivity contribution in [2.75, 3.05) is 6.54 Å². The first kappa shape index (κ1) is 24.6. The Morgan fingerprint density at radius 1 is 0.970 bits per heavy atom. The highest BCUT2D eigenvalue weighted by Crippen LogP contribution is 2.26. The topological polar surface area (TPSA) is 66.5 Å². The monoisotopic (exact) mass is 468 g/mol. The number of nitrogens with one attached hydrogen (secondary N) is 1. The first-order valence-electron chi connectivity index (χ1n) is 10.7. The molecule has 1 atom stereocenters. The molecule has 0 aliphatic heterocycles. The molecule has 3 aromatic rings. The zero-order valence-electron chi connectivity index (χ0n) is 19.3. The molecule has 7 heteroatoms. The van der Waals surface area contributed by atoms with Crippen molar-refractivity contribution in [1.29, 1.82) is 0 Å². The molecular formula is C26H29FN2O3S. The number of hydrogen-bond acceptors (Lipinski definition) is 3. The van der Waals surface area contributed by atoms with Crippen LogP contribution < -0.4 is 5.32 Å². The zero-order chi connectivity index (χ0) is 24.2. The number of carbonyl (C=O) groups excluding carboxylic acids is 1. The van der Waals surface area contributed by atoms with Gasteiger partial charge in [-0.1, -0.05) is 60.2 Å². The van der Waals surface area contributed by atoms with Crippen molar-refractivity contribution in [1.82, 2.24) is 9.62 Å². The Bertz CT molecular complexity index is 1200. The highest BCUT2D eigenvalue weighted by molar-refractivity contribution is 7.89. The Hall–Kier alpha value is -3.03. The highest BCUT2D eigenvalue weighted by Gasteiger charge is 2.30. The van der Waals surface area contributed by atoms with E-state index in [2.05, 4.69) is 5.32 Å². The van der Waals surface area contributed by atoms with Gasteiger partial charge in [0, 0.05) is 6.54 Å². The second-order valence-corrected chi connectivity index (χ2v) is 10.2. The van der Waals surface area contributed by atoms with Crippen LogP contribution in [-0.4, -0.2) is 25.2 Å². The fraction of sp³-hybridized carbons (Fsp3) is 0.269. The van der Waals surface area contributed by atoms with Crippen LogP contribution in [-0.2, 0) is 21.4 Å². The van der Waals surface area contributed by atoms with Gasteiger partial charge < -0.3 is 5.32 Å². The van der Waals surface area contributed by atoms with Crippen LogP contribution in [0.25, 0.3) is 0 Å². The predicted octanol–water partition coefficient (Wildman–Crippen LogP) is 4.82. The summed E-state index contributed by atoms with van der Waals surface area (Å²) in [6, 6.07) is 18.3. The first-order valence-corrected chi connectivity index (χ1v) is 12.2. The number of amides is 1. The molecule has 0 radical (unpaired) electrons. The minimum atomic E-state index is -3.96. The summed E-state index contributed by atoms with van der Waals surface area (Å²) in [4.78, 5) is 13.1. The number of sulfonamides is 1. The Kier molecular flexibility index (Phi) is 7.66. The van der Waals surface area contributed by atoms with E-state index < -0.39 is 22.0 Å². The van der Waals surface area contributed by atoms with E-state index in [4.69, 9.17) is 0 Å². The molecule has 1 N–H and O–H groups in total. The van der Waals surface area contributed by atoms with Crippen molar-refractivity contribution >= 4 is 15.9 Å². The third kappa shape index (κ3) is 6.06. The molecule has 0 aliphatic carbocycles. The van der Waals surface area contributed by atoms with Crippen LogP contribution >= 0.6 is 0 Å². The quantitative estimate of drug-likeness (QED) is 0.516. The normalized spacial score (nSPS) is 12.5. The molecule has 5 nitrogen and oxygen atoms in total. The maximum Gasteiger partial charge on any atom is 0.244 e. The standard InChI is InChI=1S/C26H29FN2O3S/c1-18-14-19(2)26(20(3)15-18)33(31,32)29(16-22-8-6-5-7-9-22)17-25(30)28-21(4)23-10-12-24(27)13-11-23/h5-15,21H,16-17H2,1-4H3,(H,28,30). The lowest BCUT2D eigenvalue weighted by molar-refractivity contribution is -0.122. The third-order valence-electron chi connectivity index (χ3n) is 5.47. The summed E-state index contributed by atoms with van der Waals surface area (Å²) in [5.74, 6) is -0.796. The third-order valence-corrected chi connectivity index (χ3v) is 7.57. The number of halogens is 1. The number of rotatable bonds is 8. The fourth-order valence-electron chi connectivity index (χ4n) is 4.00. The van der Waals surface area contributed by atoms with Crippen LogP contribution in [0.1, 0.15) is 40.8 Å². The smallest absolute Gasteiger partial charge is 0.244 e. The molecule has 1 amide bonds. The Morgan fingerprint density at radius 3 is 2.12 bits per heavy atom. The summed E-state index contributed by atoms with van der Waals surface area (Å²) >= 11 is 0. The number of hydrogen-bond donors (Lipinski definition) is 1. The lowest BCUT2D eigenvalue weighted by Crippen LogP contribution is -2.41. The maximum absolute atomic E-state index is 13.7. The first-order chi connectivity index (χ1) is 15.6. The van der Waals surface area contributed by atoms with Gasteiger partial charge in [-0.2, -0.15) is 4.31 Å². The summed E-state index contributed by atoms with van der Waals surface area (Å²) in [5, 5.41) is 2.83. The van der Waals surface area contributed by atoms with Crippen molar-refractivity contribution in [2.45, 2.75) is 45.2 Å². The molecule has 1 unspecified atom stereocenters. The molecule has 3 aromatic carbocycles. The number of aryl methyl sites for hydroxylation is 3. The van der Waals surface area contributed by atoms with Crippen molar-refractivity contribution < 1.29 is 17.6 Å². The molecule has 0 aromatic heterocycles. The van der Waals surface area contributed by atoms with E-state index in [1.807, 2.05) is 49.4 Å². The van der Waals surface area contributed by atoms with Crippen molar-refractivity contribution in [3.8, 4) is 0 Å². The lowest BCUT2D eigenvalue weighted by Gasteiger charge is -2.25. The molecule has 0 heterocycles. The molecule has 0 spiro atoms. The van der Waals surface area contributed by atoms with E-state index in [1.165, 1.54) is 16.4 Å². The van der Waals surface area contributed by atoms with Gasteiger partial charge in [0.05, 0.1) is 17.5 Å². The Balaban J connectivity index is 1.90. The van der Waals surface area contributed by atoms with Crippen LogP contribution in [0.5, 0.6) is 0 Å². The van der Waals surface area contributed by atoms with Gasteiger partial charge in [-0.3, -0.25) is 4.79 Å². The molecule has 0 saturated heterocycles. The van der Waals surface area contributed by atoms with E-state index in [-0.39, 0.29) is 23.8 Å². The van der Waals surface area contributed by atoms with Gasteiger partial charge in [0.1, 0.15) is 5.82 Å². The average Bonchev–Trinajstić information content (AvgIpc) is 2.73. The van der Waals surface area contributed by atoms with Crippen molar-refractivity contribution in [3.63, 3.8) is 0 Å². The Labute approximate surface area is 195 Å². The van der Waals surface area contributed by atoms with Gasteiger partial charge in [0.25, 0.3) is 0 Å². The van der Waals surface area contributed by atoms with Gasteiger partial charge in [0.15, 0.2) is 0 Å². The van der Waals surface area contributed by atoms with Gasteiger partial charge in [-0.05, 0) is 62.1 Å². The zero-order valence-corrected chi connectivity index (χ0v) is 20.1. The molecule has 0 saturated carbocycles. The molecule has 3 rings (SSSR count). The van der Waals surface area contributed by atoms with Crippen LogP contribution in [0.2, 0.25) is 0 Å². The predicted molar refractivity (Wildman–Crippen MR) is 128 cm³/mol.